The molecule has 5 nitrogen and oxygen atoms in total. The van der Waals surface area contributed by atoms with Crippen molar-refractivity contribution in [3.63, 3.8) is 0 Å². The number of hydrogen-bond acceptors (Lipinski definition) is 3. The van der Waals surface area contributed by atoms with Gasteiger partial charge < -0.3 is 15.1 Å². The van der Waals surface area contributed by atoms with Crippen molar-refractivity contribution < 1.29 is 14.0 Å². The zero-order chi connectivity index (χ0) is 18.0. The Hall–Kier alpha value is -1.66. The number of hydrogen-bond donors (Lipinski definition) is 2. The van der Waals surface area contributed by atoms with E-state index in [-0.39, 0.29) is 23.5 Å². The fourth-order valence-electron chi connectivity index (χ4n) is 2.29. The molecule has 0 saturated carbocycles. The predicted octanol–water partition coefficient (Wildman–Crippen LogP) is 2.23. The van der Waals surface area contributed by atoms with Crippen LogP contribution < -0.4 is 10.6 Å². The summed E-state index contributed by atoms with van der Waals surface area (Å²) in [7, 11) is -1.95. The summed E-state index contributed by atoms with van der Waals surface area (Å²) in [6.45, 7) is 10.9. The first-order chi connectivity index (χ1) is 11.1. The molecule has 1 aromatic carbocycles. The van der Waals surface area contributed by atoms with Crippen molar-refractivity contribution in [3.05, 3.63) is 35.9 Å². The Kier molecular flexibility index (Phi) is 5.50. The molecule has 0 aliphatic carbocycles. The number of benzene rings is 1. The smallest absolute Gasteiger partial charge is 0.245 e. The van der Waals surface area contributed by atoms with Crippen LogP contribution in [-0.4, -0.2) is 38.8 Å². The monoisotopic (exact) mass is 348 g/mol. The molecule has 2 N–H and O–H groups in total. The average Bonchev–Trinajstić information content (AvgIpc) is 2.49. The van der Waals surface area contributed by atoms with Crippen LogP contribution in [-0.2, 0) is 20.4 Å². The van der Waals surface area contributed by atoms with Gasteiger partial charge in [-0.15, -0.1) is 0 Å². The van der Waals surface area contributed by atoms with Crippen LogP contribution in [0.2, 0.25) is 18.1 Å². The number of piperazine rings is 1. The van der Waals surface area contributed by atoms with Crippen LogP contribution in [0.4, 0.5) is 0 Å². The molecule has 132 valence electrons. The molecule has 0 spiro atoms. The van der Waals surface area contributed by atoms with Crippen molar-refractivity contribution in [1.29, 1.82) is 0 Å². The summed E-state index contributed by atoms with van der Waals surface area (Å²) in [4.78, 5) is 24.6. The summed E-state index contributed by atoms with van der Waals surface area (Å²) in [6, 6.07) is 8.54. The van der Waals surface area contributed by atoms with E-state index in [1.54, 1.807) is 0 Å². The highest BCUT2D eigenvalue weighted by atomic mass is 28.4. The van der Waals surface area contributed by atoms with Crippen molar-refractivity contribution >= 4 is 20.1 Å². The van der Waals surface area contributed by atoms with Crippen molar-refractivity contribution in [1.82, 2.24) is 10.6 Å². The molecule has 1 heterocycles. The summed E-state index contributed by atoms with van der Waals surface area (Å²) in [5.41, 5.74) is 1.02. The highest BCUT2D eigenvalue weighted by molar-refractivity contribution is 6.74. The molecule has 0 bridgehead atoms. The summed E-state index contributed by atoms with van der Waals surface area (Å²) in [5.74, 6) is -0.323. The maximum absolute atomic E-state index is 12.3. The molecular weight excluding hydrogens is 320 g/mol. The number of nitrogens with one attached hydrogen (secondary N) is 2. The van der Waals surface area contributed by atoms with Gasteiger partial charge in [-0.2, -0.15) is 0 Å². The zero-order valence-electron chi connectivity index (χ0n) is 15.2. The number of carbonyl (C=O) groups excluding carboxylic acids is 2. The van der Waals surface area contributed by atoms with Crippen LogP contribution in [0.3, 0.4) is 0 Å². The minimum Gasteiger partial charge on any atom is -0.414 e. The molecule has 2 atom stereocenters. The van der Waals surface area contributed by atoms with E-state index < -0.39 is 20.4 Å². The van der Waals surface area contributed by atoms with E-state index in [1.807, 2.05) is 30.3 Å². The minimum absolute atomic E-state index is 0.0675. The standard InChI is InChI=1S/C18H28N2O3Si/c1-18(2,3)24(4,5)23-12-15-17(22)19-14(16(21)20-15)11-13-9-7-6-8-10-13/h6-10,14-15H,11-12H2,1-5H3,(H,19,22)(H,20,21)/t14-,15?/m0/s1. The van der Waals surface area contributed by atoms with Gasteiger partial charge in [0.2, 0.25) is 11.8 Å². The Morgan fingerprint density at radius 2 is 1.54 bits per heavy atom. The molecule has 0 radical (unpaired) electrons. The van der Waals surface area contributed by atoms with Gasteiger partial charge in [0, 0.05) is 6.42 Å². The summed E-state index contributed by atoms with van der Waals surface area (Å²) < 4.78 is 6.07. The van der Waals surface area contributed by atoms with Crippen LogP contribution in [0.25, 0.3) is 0 Å². The molecule has 1 saturated heterocycles. The van der Waals surface area contributed by atoms with Gasteiger partial charge in [0.25, 0.3) is 0 Å². The van der Waals surface area contributed by atoms with Crippen molar-refractivity contribution in [3.8, 4) is 0 Å². The lowest BCUT2D eigenvalue weighted by Gasteiger charge is -2.38. The lowest BCUT2D eigenvalue weighted by molar-refractivity contribution is -0.137. The number of carbonyl (C=O) groups is 2. The third kappa shape index (κ3) is 4.45. The fraction of sp³-hybridized carbons (Fsp3) is 0.556. The molecule has 0 aromatic heterocycles. The molecule has 2 amide bonds. The maximum atomic E-state index is 12.3. The van der Waals surface area contributed by atoms with Gasteiger partial charge in [-0.05, 0) is 23.7 Å². The second-order valence-corrected chi connectivity index (χ2v) is 12.7. The first-order valence-electron chi connectivity index (χ1n) is 8.39. The van der Waals surface area contributed by atoms with Crippen molar-refractivity contribution in [2.75, 3.05) is 6.61 Å². The predicted molar refractivity (Wildman–Crippen MR) is 97.2 cm³/mol. The van der Waals surface area contributed by atoms with Crippen LogP contribution in [0.1, 0.15) is 26.3 Å². The topological polar surface area (TPSA) is 67.4 Å². The molecule has 2 rings (SSSR count). The molecule has 6 heteroatoms. The summed E-state index contributed by atoms with van der Waals surface area (Å²) in [6.07, 6.45) is 0.494. The average molecular weight is 349 g/mol. The van der Waals surface area contributed by atoms with E-state index >= 15 is 0 Å². The molecule has 1 aromatic rings. The SMILES string of the molecule is CC(C)(C)[Si](C)(C)OCC1NC(=O)[C@H](Cc2ccccc2)NC1=O. The van der Waals surface area contributed by atoms with Gasteiger partial charge in [-0.25, -0.2) is 0 Å². The van der Waals surface area contributed by atoms with Gasteiger partial charge in [0.05, 0.1) is 6.61 Å². The second-order valence-electron chi connectivity index (χ2n) is 7.88. The summed E-state index contributed by atoms with van der Waals surface area (Å²) >= 11 is 0. The van der Waals surface area contributed by atoms with Crippen LogP contribution in [0.15, 0.2) is 30.3 Å². The van der Waals surface area contributed by atoms with E-state index in [2.05, 4.69) is 44.5 Å². The first-order valence-corrected chi connectivity index (χ1v) is 11.3. The van der Waals surface area contributed by atoms with E-state index in [9.17, 15) is 9.59 Å². The fourth-order valence-corrected chi connectivity index (χ4v) is 3.31. The van der Waals surface area contributed by atoms with E-state index in [1.165, 1.54) is 0 Å². The Bertz CT molecular complexity index is 596. The molecule has 1 aliphatic heterocycles. The Morgan fingerprint density at radius 3 is 2.12 bits per heavy atom. The van der Waals surface area contributed by atoms with Gasteiger partial charge in [-0.3, -0.25) is 9.59 Å². The van der Waals surface area contributed by atoms with Crippen LogP contribution in [0, 0.1) is 0 Å². The molecular formula is C18H28N2O3Si. The van der Waals surface area contributed by atoms with Gasteiger partial charge in [0.1, 0.15) is 12.1 Å². The van der Waals surface area contributed by atoms with E-state index in [0.29, 0.717) is 6.42 Å². The quantitative estimate of drug-likeness (QED) is 0.802. The highest BCUT2D eigenvalue weighted by Gasteiger charge is 2.40. The molecule has 1 unspecified atom stereocenters. The molecule has 1 aliphatic rings. The van der Waals surface area contributed by atoms with Gasteiger partial charge in [-0.1, -0.05) is 51.1 Å². The lowest BCUT2D eigenvalue weighted by atomic mass is 10.0. The lowest BCUT2D eigenvalue weighted by Crippen LogP contribution is -2.64. The Labute approximate surface area is 145 Å². The largest absolute Gasteiger partial charge is 0.414 e. The Morgan fingerprint density at radius 1 is 1.00 bits per heavy atom. The number of rotatable bonds is 5. The highest BCUT2D eigenvalue weighted by Crippen LogP contribution is 2.36. The second kappa shape index (κ2) is 7.07. The third-order valence-corrected chi connectivity index (χ3v) is 9.47. The van der Waals surface area contributed by atoms with Crippen molar-refractivity contribution in [2.24, 2.45) is 0 Å². The maximum Gasteiger partial charge on any atom is 0.245 e. The minimum atomic E-state index is -1.95. The number of amides is 2. The van der Waals surface area contributed by atoms with Crippen LogP contribution >= 0.6 is 0 Å². The van der Waals surface area contributed by atoms with Gasteiger partial charge in [0.15, 0.2) is 8.32 Å². The van der Waals surface area contributed by atoms with E-state index in [4.69, 9.17) is 4.43 Å². The molecule has 1 fully saturated rings. The Balaban J connectivity index is 1.94. The van der Waals surface area contributed by atoms with Crippen molar-refractivity contribution in [2.45, 2.75) is 57.4 Å². The molecule has 24 heavy (non-hydrogen) atoms. The van der Waals surface area contributed by atoms with Crippen LogP contribution in [0.5, 0.6) is 0 Å². The zero-order valence-corrected chi connectivity index (χ0v) is 16.2. The van der Waals surface area contributed by atoms with Gasteiger partial charge >= 0.3 is 0 Å². The third-order valence-electron chi connectivity index (χ3n) is 4.97. The normalized spacial score (nSPS) is 22.0. The first kappa shape index (κ1) is 18.7. The van der Waals surface area contributed by atoms with E-state index in [0.717, 1.165) is 5.56 Å². The summed E-state index contributed by atoms with van der Waals surface area (Å²) in [5, 5.41) is 5.70.